The van der Waals surface area contributed by atoms with Crippen molar-refractivity contribution in [2.75, 3.05) is 19.6 Å². The molecule has 1 atom stereocenters. The second-order valence-electron chi connectivity index (χ2n) is 5.95. The fourth-order valence-electron chi connectivity index (χ4n) is 3.25. The number of hydrogen-bond acceptors (Lipinski definition) is 3. The molecule has 22 heavy (non-hydrogen) atoms. The minimum atomic E-state index is -0.317. The lowest BCUT2D eigenvalue weighted by Crippen LogP contribution is -2.44. The maximum atomic E-state index is 12.2. The average molecular weight is 302 g/mol. The Labute approximate surface area is 130 Å². The molecule has 2 aliphatic rings. The summed E-state index contributed by atoms with van der Waals surface area (Å²) in [5.74, 6) is 0.169. The van der Waals surface area contributed by atoms with Gasteiger partial charge < -0.3 is 14.5 Å². The number of carbonyl (C=O) groups is 2. The molecular formula is C17H22N2O3. The van der Waals surface area contributed by atoms with Gasteiger partial charge in [0.25, 0.3) is 0 Å². The zero-order chi connectivity index (χ0) is 15.4. The normalized spacial score (nSPS) is 22.0. The van der Waals surface area contributed by atoms with Crippen LogP contribution in [0.2, 0.25) is 0 Å². The maximum Gasteiger partial charge on any atom is 0.410 e. The van der Waals surface area contributed by atoms with Crippen LogP contribution >= 0.6 is 0 Å². The monoisotopic (exact) mass is 302 g/mol. The van der Waals surface area contributed by atoms with Crippen molar-refractivity contribution >= 4 is 12.0 Å². The van der Waals surface area contributed by atoms with Crippen LogP contribution in [0.15, 0.2) is 30.3 Å². The first-order valence-electron chi connectivity index (χ1n) is 7.99. The van der Waals surface area contributed by atoms with Gasteiger partial charge in [0, 0.05) is 32.1 Å². The van der Waals surface area contributed by atoms with E-state index in [1.165, 1.54) is 0 Å². The van der Waals surface area contributed by atoms with E-state index >= 15 is 0 Å². The number of rotatable bonds is 2. The Kier molecular flexibility index (Phi) is 4.61. The molecule has 5 nitrogen and oxygen atoms in total. The largest absolute Gasteiger partial charge is 0.445 e. The van der Waals surface area contributed by atoms with E-state index < -0.39 is 0 Å². The lowest BCUT2D eigenvalue weighted by molar-refractivity contribution is -0.133. The van der Waals surface area contributed by atoms with Crippen LogP contribution in [0.3, 0.4) is 0 Å². The van der Waals surface area contributed by atoms with Gasteiger partial charge in [-0.2, -0.15) is 0 Å². The summed E-state index contributed by atoms with van der Waals surface area (Å²) in [6, 6.07) is 9.95. The van der Waals surface area contributed by atoms with Crippen LogP contribution in [-0.4, -0.2) is 47.5 Å². The van der Waals surface area contributed by atoms with Crippen molar-refractivity contribution in [1.82, 2.24) is 9.80 Å². The van der Waals surface area contributed by atoms with Gasteiger partial charge in [-0.05, 0) is 24.8 Å². The number of ether oxygens (including phenoxy) is 1. The fraction of sp³-hybridized carbons (Fsp3) is 0.529. The SMILES string of the molecule is O=C(OCc1ccccc1)N1CCC(=O)N2CCCC2CC1. The van der Waals surface area contributed by atoms with Crippen molar-refractivity contribution in [3.05, 3.63) is 35.9 Å². The zero-order valence-electron chi connectivity index (χ0n) is 12.7. The topological polar surface area (TPSA) is 49.9 Å². The van der Waals surface area contributed by atoms with E-state index in [1.54, 1.807) is 4.90 Å². The van der Waals surface area contributed by atoms with Crippen LogP contribution in [0.25, 0.3) is 0 Å². The Hall–Kier alpha value is -2.04. The predicted molar refractivity (Wildman–Crippen MR) is 82.2 cm³/mol. The Bertz CT molecular complexity index is 532. The molecule has 2 heterocycles. The molecule has 3 rings (SSSR count). The van der Waals surface area contributed by atoms with Crippen molar-refractivity contribution in [2.24, 2.45) is 0 Å². The van der Waals surface area contributed by atoms with Gasteiger partial charge in [0.05, 0.1) is 0 Å². The summed E-state index contributed by atoms with van der Waals surface area (Å²) in [4.78, 5) is 28.0. The Balaban J connectivity index is 1.55. The van der Waals surface area contributed by atoms with Gasteiger partial charge in [-0.1, -0.05) is 30.3 Å². The van der Waals surface area contributed by atoms with Gasteiger partial charge in [-0.3, -0.25) is 4.79 Å². The molecule has 0 spiro atoms. The van der Waals surface area contributed by atoms with Crippen LogP contribution in [0, 0.1) is 0 Å². The number of nitrogens with zero attached hydrogens (tertiary/aromatic N) is 2. The smallest absolute Gasteiger partial charge is 0.410 e. The first kappa shape index (κ1) is 14.9. The second-order valence-corrected chi connectivity index (χ2v) is 5.95. The Morgan fingerprint density at radius 3 is 2.77 bits per heavy atom. The Morgan fingerprint density at radius 1 is 1.14 bits per heavy atom. The quantitative estimate of drug-likeness (QED) is 0.843. The van der Waals surface area contributed by atoms with Crippen molar-refractivity contribution in [1.29, 1.82) is 0 Å². The molecule has 2 saturated heterocycles. The number of amides is 2. The molecule has 0 aliphatic carbocycles. The van der Waals surface area contributed by atoms with Gasteiger partial charge in [0.2, 0.25) is 5.91 Å². The highest BCUT2D eigenvalue weighted by molar-refractivity contribution is 5.78. The van der Waals surface area contributed by atoms with Crippen molar-refractivity contribution in [3.63, 3.8) is 0 Å². The van der Waals surface area contributed by atoms with Crippen LogP contribution in [0.5, 0.6) is 0 Å². The predicted octanol–water partition coefficient (Wildman–Crippen LogP) is 2.41. The highest BCUT2D eigenvalue weighted by Crippen LogP contribution is 2.23. The van der Waals surface area contributed by atoms with Crippen molar-refractivity contribution in [3.8, 4) is 0 Å². The lowest BCUT2D eigenvalue weighted by atomic mass is 10.1. The summed E-state index contributed by atoms with van der Waals surface area (Å²) >= 11 is 0. The van der Waals surface area contributed by atoms with E-state index in [9.17, 15) is 9.59 Å². The zero-order valence-corrected chi connectivity index (χ0v) is 12.7. The lowest BCUT2D eigenvalue weighted by Gasteiger charge is -2.31. The first-order valence-corrected chi connectivity index (χ1v) is 7.99. The molecule has 1 aromatic carbocycles. The summed E-state index contributed by atoms with van der Waals surface area (Å²) in [6.07, 6.45) is 3.07. The summed E-state index contributed by atoms with van der Waals surface area (Å²) in [5.41, 5.74) is 0.973. The summed E-state index contributed by atoms with van der Waals surface area (Å²) in [5, 5.41) is 0. The van der Waals surface area contributed by atoms with Crippen molar-refractivity contribution < 1.29 is 14.3 Å². The molecule has 2 amide bonds. The van der Waals surface area contributed by atoms with Gasteiger partial charge in [0.15, 0.2) is 0 Å². The van der Waals surface area contributed by atoms with E-state index in [0.717, 1.165) is 31.4 Å². The molecule has 2 aliphatic heterocycles. The maximum absolute atomic E-state index is 12.2. The average Bonchev–Trinajstić information content (AvgIpc) is 3.00. The summed E-state index contributed by atoms with van der Waals surface area (Å²) in [7, 11) is 0. The first-order chi connectivity index (χ1) is 10.7. The number of benzene rings is 1. The third-order valence-electron chi connectivity index (χ3n) is 4.49. The molecule has 0 aromatic heterocycles. The molecule has 0 saturated carbocycles. The van der Waals surface area contributed by atoms with Crippen LogP contribution < -0.4 is 0 Å². The van der Waals surface area contributed by atoms with Crippen molar-refractivity contribution in [2.45, 2.75) is 38.3 Å². The third-order valence-corrected chi connectivity index (χ3v) is 4.49. The van der Waals surface area contributed by atoms with Crippen LogP contribution in [0.1, 0.15) is 31.2 Å². The summed E-state index contributed by atoms with van der Waals surface area (Å²) in [6.45, 7) is 2.28. The van der Waals surface area contributed by atoms with E-state index in [2.05, 4.69) is 0 Å². The third kappa shape index (κ3) is 3.40. The Morgan fingerprint density at radius 2 is 1.95 bits per heavy atom. The molecule has 0 radical (unpaired) electrons. The van der Waals surface area contributed by atoms with E-state index in [0.29, 0.717) is 25.6 Å². The molecule has 118 valence electrons. The van der Waals surface area contributed by atoms with E-state index in [1.807, 2.05) is 35.2 Å². The van der Waals surface area contributed by atoms with Gasteiger partial charge >= 0.3 is 6.09 Å². The molecular weight excluding hydrogens is 280 g/mol. The molecule has 5 heteroatoms. The van der Waals surface area contributed by atoms with Gasteiger partial charge in [-0.25, -0.2) is 4.79 Å². The van der Waals surface area contributed by atoms with Crippen LogP contribution in [0.4, 0.5) is 4.79 Å². The second kappa shape index (κ2) is 6.81. The highest BCUT2D eigenvalue weighted by Gasteiger charge is 2.32. The number of fused-ring (bicyclic) bond motifs is 1. The van der Waals surface area contributed by atoms with Crippen LogP contribution in [-0.2, 0) is 16.1 Å². The molecule has 1 aromatic rings. The minimum absolute atomic E-state index is 0.169. The standard InChI is InChI=1S/C17H22N2O3/c20-16-9-12-18(11-8-15-7-4-10-19(15)16)17(21)22-13-14-5-2-1-3-6-14/h1-3,5-6,15H,4,7-13H2. The van der Waals surface area contributed by atoms with E-state index in [4.69, 9.17) is 4.74 Å². The molecule has 2 fully saturated rings. The highest BCUT2D eigenvalue weighted by atomic mass is 16.6. The van der Waals surface area contributed by atoms with Gasteiger partial charge in [0.1, 0.15) is 6.61 Å². The summed E-state index contributed by atoms with van der Waals surface area (Å²) < 4.78 is 5.37. The molecule has 0 bridgehead atoms. The number of carbonyl (C=O) groups excluding carboxylic acids is 2. The number of hydrogen-bond donors (Lipinski definition) is 0. The minimum Gasteiger partial charge on any atom is -0.445 e. The van der Waals surface area contributed by atoms with Gasteiger partial charge in [-0.15, -0.1) is 0 Å². The van der Waals surface area contributed by atoms with E-state index in [-0.39, 0.29) is 18.6 Å². The molecule has 0 N–H and O–H groups in total. The fourth-order valence-corrected chi connectivity index (χ4v) is 3.25. The molecule has 1 unspecified atom stereocenters.